The Bertz CT molecular complexity index is 247. The standard InChI is InChI=1S/C11H18O5/c1-3-4-5-15-6-7-16-11(14)9(2)8-10(12)13/h2-8H2,1H3,(H,12,13). The summed E-state index contributed by atoms with van der Waals surface area (Å²) in [4.78, 5) is 21.4. The zero-order valence-corrected chi connectivity index (χ0v) is 9.53. The molecule has 0 radical (unpaired) electrons. The molecule has 0 bridgehead atoms. The summed E-state index contributed by atoms with van der Waals surface area (Å²) in [5, 5.41) is 8.41. The Morgan fingerprint density at radius 2 is 1.94 bits per heavy atom. The van der Waals surface area contributed by atoms with E-state index in [9.17, 15) is 9.59 Å². The first-order valence-corrected chi connectivity index (χ1v) is 5.22. The number of hydrogen-bond acceptors (Lipinski definition) is 4. The molecular formula is C11H18O5. The molecule has 5 nitrogen and oxygen atoms in total. The third kappa shape index (κ3) is 7.99. The fourth-order valence-corrected chi connectivity index (χ4v) is 0.899. The lowest BCUT2D eigenvalue weighted by Crippen LogP contribution is -2.14. The Balaban J connectivity index is 3.50. The summed E-state index contributed by atoms with van der Waals surface area (Å²) in [5.41, 5.74) is -0.0546. The van der Waals surface area contributed by atoms with Crippen LogP contribution in [-0.2, 0) is 19.1 Å². The van der Waals surface area contributed by atoms with Crippen LogP contribution in [0.25, 0.3) is 0 Å². The number of rotatable bonds is 9. The molecule has 0 amide bonds. The van der Waals surface area contributed by atoms with Gasteiger partial charge in [-0.25, -0.2) is 4.79 Å². The van der Waals surface area contributed by atoms with E-state index in [1.165, 1.54) is 0 Å². The summed E-state index contributed by atoms with van der Waals surface area (Å²) in [5.74, 6) is -1.78. The van der Waals surface area contributed by atoms with Crippen molar-refractivity contribution in [2.24, 2.45) is 0 Å². The largest absolute Gasteiger partial charge is 0.481 e. The van der Waals surface area contributed by atoms with Gasteiger partial charge in [-0.3, -0.25) is 4.79 Å². The Hall–Kier alpha value is -1.36. The summed E-state index contributed by atoms with van der Waals surface area (Å²) in [6, 6.07) is 0. The van der Waals surface area contributed by atoms with Gasteiger partial charge in [0.05, 0.1) is 13.0 Å². The van der Waals surface area contributed by atoms with Crippen molar-refractivity contribution in [3.8, 4) is 0 Å². The molecule has 0 spiro atoms. The molecule has 0 rings (SSSR count). The molecule has 5 heteroatoms. The van der Waals surface area contributed by atoms with Crippen molar-refractivity contribution in [3.05, 3.63) is 12.2 Å². The van der Waals surface area contributed by atoms with Gasteiger partial charge in [0.2, 0.25) is 0 Å². The van der Waals surface area contributed by atoms with Crippen molar-refractivity contribution < 1.29 is 24.2 Å². The molecule has 0 unspecified atom stereocenters. The van der Waals surface area contributed by atoms with Gasteiger partial charge in [-0.15, -0.1) is 0 Å². The highest BCUT2D eigenvalue weighted by Gasteiger charge is 2.11. The van der Waals surface area contributed by atoms with Crippen LogP contribution in [-0.4, -0.2) is 36.9 Å². The van der Waals surface area contributed by atoms with Gasteiger partial charge in [0.15, 0.2) is 0 Å². The summed E-state index contributed by atoms with van der Waals surface area (Å²) in [6.07, 6.45) is 1.63. The second-order valence-corrected chi connectivity index (χ2v) is 3.28. The van der Waals surface area contributed by atoms with E-state index >= 15 is 0 Å². The fourth-order valence-electron chi connectivity index (χ4n) is 0.899. The third-order valence-corrected chi connectivity index (χ3v) is 1.76. The van der Waals surface area contributed by atoms with E-state index in [2.05, 4.69) is 13.5 Å². The Morgan fingerprint density at radius 3 is 2.50 bits per heavy atom. The average Bonchev–Trinajstić information content (AvgIpc) is 2.21. The first-order chi connectivity index (χ1) is 7.57. The topological polar surface area (TPSA) is 72.8 Å². The minimum absolute atomic E-state index is 0.0546. The van der Waals surface area contributed by atoms with Crippen LogP contribution in [0.2, 0.25) is 0 Å². The van der Waals surface area contributed by atoms with E-state index in [1.54, 1.807) is 0 Å². The van der Waals surface area contributed by atoms with Gasteiger partial charge in [0, 0.05) is 12.2 Å². The lowest BCUT2D eigenvalue weighted by atomic mass is 10.2. The fraction of sp³-hybridized carbons (Fsp3) is 0.636. The molecule has 92 valence electrons. The minimum atomic E-state index is -1.10. The molecule has 0 aliphatic rings. The molecule has 0 atom stereocenters. The molecule has 1 N–H and O–H groups in total. The second kappa shape index (κ2) is 8.91. The Labute approximate surface area is 95.0 Å². The van der Waals surface area contributed by atoms with Crippen molar-refractivity contribution in [1.82, 2.24) is 0 Å². The molecule has 0 aliphatic heterocycles. The monoisotopic (exact) mass is 230 g/mol. The number of unbranched alkanes of at least 4 members (excludes halogenated alkanes) is 1. The molecule has 0 saturated carbocycles. The zero-order chi connectivity index (χ0) is 12.4. The maximum atomic E-state index is 11.1. The van der Waals surface area contributed by atoms with Crippen LogP contribution >= 0.6 is 0 Å². The number of hydrogen-bond donors (Lipinski definition) is 1. The van der Waals surface area contributed by atoms with Gasteiger partial charge >= 0.3 is 11.9 Å². The highest BCUT2D eigenvalue weighted by molar-refractivity contribution is 5.92. The molecule has 0 saturated heterocycles. The first-order valence-electron chi connectivity index (χ1n) is 5.22. The average molecular weight is 230 g/mol. The number of carbonyl (C=O) groups is 2. The van der Waals surface area contributed by atoms with E-state index in [-0.39, 0.29) is 12.2 Å². The maximum Gasteiger partial charge on any atom is 0.334 e. The molecular weight excluding hydrogens is 212 g/mol. The number of aliphatic carboxylic acids is 1. The molecule has 0 fully saturated rings. The van der Waals surface area contributed by atoms with Crippen LogP contribution in [0.5, 0.6) is 0 Å². The summed E-state index contributed by atoms with van der Waals surface area (Å²) in [6.45, 7) is 6.48. The van der Waals surface area contributed by atoms with Crippen molar-refractivity contribution in [3.63, 3.8) is 0 Å². The van der Waals surface area contributed by atoms with Gasteiger partial charge in [-0.1, -0.05) is 19.9 Å². The SMILES string of the molecule is C=C(CC(=O)O)C(=O)OCCOCCCC. The van der Waals surface area contributed by atoms with Crippen LogP contribution in [0, 0.1) is 0 Å². The van der Waals surface area contributed by atoms with E-state index in [1.807, 2.05) is 0 Å². The first kappa shape index (κ1) is 14.6. The summed E-state index contributed by atoms with van der Waals surface area (Å²) in [7, 11) is 0. The van der Waals surface area contributed by atoms with Crippen LogP contribution in [0.3, 0.4) is 0 Å². The molecule has 0 heterocycles. The number of carboxylic acids is 1. The van der Waals surface area contributed by atoms with Crippen molar-refractivity contribution in [2.75, 3.05) is 19.8 Å². The highest BCUT2D eigenvalue weighted by Crippen LogP contribution is 2.00. The summed E-state index contributed by atoms with van der Waals surface area (Å²) < 4.78 is 9.92. The molecule has 0 aromatic rings. The molecule has 0 aliphatic carbocycles. The van der Waals surface area contributed by atoms with Crippen molar-refractivity contribution >= 4 is 11.9 Å². The Kier molecular flexibility index (Phi) is 8.15. The van der Waals surface area contributed by atoms with Gasteiger partial charge in [0.25, 0.3) is 0 Å². The maximum absolute atomic E-state index is 11.1. The number of carbonyl (C=O) groups excluding carboxylic acids is 1. The lowest BCUT2D eigenvalue weighted by Gasteiger charge is -2.06. The van der Waals surface area contributed by atoms with Crippen LogP contribution in [0.15, 0.2) is 12.2 Å². The number of esters is 1. The van der Waals surface area contributed by atoms with Gasteiger partial charge < -0.3 is 14.6 Å². The van der Waals surface area contributed by atoms with Crippen LogP contribution in [0.4, 0.5) is 0 Å². The third-order valence-electron chi connectivity index (χ3n) is 1.76. The van der Waals surface area contributed by atoms with Crippen molar-refractivity contribution in [2.45, 2.75) is 26.2 Å². The number of carboxylic acid groups (broad SMARTS) is 1. The van der Waals surface area contributed by atoms with E-state index < -0.39 is 18.4 Å². The lowest BCUT2D eigenvalue weighted by molar-refractivity contribution is -0.143. The van der Waals surface area contributed by atoms with Gasteiger partial charge in [0.1, 0.15) is 6.61 Å². The smallest absolute Gasteiger partial charge is 0.334 e. The Morgan fingerprint density at radius 1 is 1.25 bits per heavy atom. The highest BCUT2D eigenvalue weighted by atomic mass is 16.6. The predicted molar refractivity (Wildman–Crippen MR) is 58.1 cm³/mol. The second-order valence-electron chi connectivity index (χ2n) is 3.28. The molecule has 16 heavy (non-hydrogen) atoms. The van der Waals surface area contributed by atoms with E-state index in [0.717, 1.165) is 12.8 Å². The minimum Gasteiger partial charge on any atom is -0.481 e. The molecule has 0 aromatic carbocycles. The zero-order valence-electron chi connectivity index (χ0n) is 9.53. The number of ether oxygens (including phenoxy) is 2. The molecule has 0 aromatic heterocycles. The van der Waals surface area contributed by atoms with Gasteiger partial charge in [-0.2, -0.15) is 0 Å². The van der Waals surface area contributed by atoms with E-state index in [4.69, 9.17) is 14.6 Å². The summed E-state index contributed by atoms with van der Waals surface area (Å²) >= 11 is 0. The predicted octanol–water partition coefficient (Wildman–Crippen LogP) is 1.38. The normalized spacial score (nSPS) is 9.81. The van der Waals surface area contributed by atoms with E-state index in [0.29, 0.717) is 13.2 Å². The van der Waals surface area contributed by atoms with Gasteiger partial charge in [-0.05, 0) is 6.42 Å². The van der Waals surface area contributed by atoms with Crippen LogP contribution < -0.4 is 0 Å². The van der Waals surface area contributed by atoms with Crippen molar-refractivity contribution in [1.29, 1.82) is 0 Å². The van der Waals surface area contributed by atoms with Crippen LogP contribution in [0.1, 0.15) is 26.2 Å². The quantitative estimate of drug-likeness (QED) is 0.368.